The number of nitrogens with zero attached hydrogens (tertiary/aromatic N) is 1. The van der Waals surface area contributed by atoms with Crippen LogP contribution in [0, 0.1) is 11.3 Å². The van der Waals surface area contributed by atoms with E-state index in [1.165, 1.54) is 0 Å². The predicted molar refractivity (Wildman–Crippen MR) is 66.3 cm³/mol. The van der Waals surface area contributed by atoms with Crippen molar-refractivity contribution in [2.45, 2.75) is 22.2 Å². The number of hydrogen-bond donors (Lipinski definition) is 1. The second-order valence-electron chi connectivity index (χ2n) is 3.25. The van der Waals surface area contributed by atoms with Crippen LogP contribution < -0.4 is 0 Å². The number of carbonyl (C=O) groups excluding carboxylic acids is 1. The lowest BCUT2D eigenvalue weighted by molar-refractivity contribution is -0.0329. The first-order valence-electron chi connectivity index (χ1n) is 4.98. The summed E-state index contributed by atoms with van der Waals surface area (Å²) in [5.74, 6) is -0.781. The molecule has 3 nitrogen and oxygen atoms in total. The molecule has 0 fully saturated rings. The molecule has 0 spiro atoms. The van der Waals surface area contributed by atoms with Crippen LogP contribution in [0.2, 0.25) is 0 Å². The van der Waals surface area contributed by atoms with E-state index in [2.05, 4.69) is 17.4 Å². The molecule has 0 unspecified atom stereocenters. The van der Waals surface area contributed by atoms with Gasteiger partial charge in [0.05, 0.1) is 17.7 Å². The Morgan fingerprint density at radius 3 is 2.63 bits per heavy atom. The van der Waals surface area contributed by atoms with Crippen LogP contribution >= 0.6 is 24.4 Å². The van der Waals surface area contributed by atoms with Gasteiger partial charge in [-0.1, -0.05) is 0 Å². The predicted octanol–water partition coefficient (Wildman–Crippen LogP) is 3.64. The fourth-order valence-corrected chi connectivity index (χ4v) is 2.19. The first-order valence-corrected chi connectivity index (χ1v) is 6.24. The monoisotopic (exact) mass is 307 g/mol. The number of nitriles is 1. The fourth-order valence-electron chi connectivity index (χ4n) is 1.23. The van der Waals surface area contributed by atoms with E-state index in [4.69, 9.17) is 5.26 Å². The SMILES string of the molecule is CCOC(=O)c1cc(C#N)c(S)c(SC(F)(F)F)c1. The van der Waals surface area contributed by atoms with E-state index in [-0.39, 0.29) is 27.5 Å². The molecule has 1 aromatic rings. The third kappa shape index (κ3) is 4.36. The Balaban J connectivity index is 3.27. The topological polar surface area (TPSA) is 50.1 Å². The zero-order chi connectivity index (χ0) is 14.6. The molecule has 0 bridgehead atoms. The fraction of sp³-hybridized carbons (Fsp3) is 0.273. The van der Waals surface area contributed by atoms with Gasteiger partial charge >= 0.3 is 11.5 Å². The summed E-state index contributed by atoms with van der Waals surface area (Å²) in [5.41, 5.74) is -4.75. The standard InChI is InChI=1S/C11H8F3NO2S2/c1-2-17-10(16)6-3-7(5-15)9(18)8(4-6)19-11(12,13)14/h3-4,18H,2H2,1H3. The van der Waals surface area contributed by atoms with Crippen molar-refractivity contribution in [2.24, 2.45) is 0 Å². The third-order valence-electron chi connectivity index (χ3n) is 1.93. The molecule has 0 radical (unpaired) electrons. The summed E-state index contributed by atoms with van der Waals surface area (Å²) in [6.45, 7) is 1.66. The van der Waals surface area contributed by atoms with Gasteiger partial charge in [-0.3, -0.25) is 0 Å². The van der Waals surface area contributed by atoms with Gasteiger partial charge in [0.2, 0.25) is 0 Å². The first kappa shape index (κ1) is 15.7. The molecule has 0 heterocycles. The lowest BCUT2D eigenvalue weighted by Gasteiger charge is -2.11. The number of halogens is 3. The summed E-state index contributed by atoms with van der Waals surface area (Å²) in [6, 6.07) is 3.86. The van der Waals surface area contributed by atoms with E-state index in [0.717, 1.165) is 12.1 Å². The maximum absolute atomic E-state index is 12.4. The van der Waals surface area contributed by atoms with Crippen LogP contribution in [0.15, 0.2) is 21.9 Å². The van der Waals surface area contributed by atoms with Crippen LogP contribution in [0.5, 0.6) is 0 Å². The highest BCUT2D eigenvalue weighted by Crippen LogP contribution is 2.41. The molecule has 19 heavy (non-hydrogen) atoms. The van der Waals surface area contributed by atoms with Gasteiger partial charge < -0.3 is 4.74 Å². The zero-order valence-electron chi connectivity index (χ0n) is 9.61. The molecule has 0 N–H and O–H groups in total. The maximum atomic E-state index is 12.4. The number of carbonyl (C=O) groups is 1. The Morgan fingerprint density at radius 2 is 2.16 bits per heavy atom. The Kier molecular flexibility index (Phi) is 5.14. The summed E-state index contributed by atoms with van der Waals surface area (Å²) in [5, 5.41) is 8.84. The molecule has 102 valence electrons. The Labute approximate surface area is 117 Å². The number of ether oxygens (including phenoxy) is 1. The van der Waals surface area contributed by atoms with E-state index >= 15 is 0 Å². The minimum absolute atomic E-state index is 0.0884. The maximum Gasteiger partial charge on any atom is 0.446 e. The highest BCUT2D eigenvalue weighted by Gasteiger charge is 2.31. The molecule has 0 saturated heterocycles. The van der Waals surface area contributed by atoms with Crippen LogP contribution in [0.3, 0.4) is 0 Å². The highest BCUT2D eigenvalue weighted by atomic mass is 32.2. The quantitative estimate of drug-likeness (QED) is 0.526. The van der Waals surface area contributed by atoms with Crippen molar-refractivity contribution >= 4 is 30.4 Å². The van der Waals surface area contributed by atoms with E-state index in [9.17, 15) is 18.0 Å². The van der Waals surface area contributed by atoms with Crippen molar-refractivity contribution in [2.75, 3.05) is 6.61 Å². The zero-order valence-corrected chi connectivity index (χ0v) is 11.3. The van der Waals surface area contributed by atoms with Crippen molar-refractivity contribution in [3.05, 3.63) is 23.3 Å². The minimum Gasteiger partial charge on any atom is -0.462 e. The molecule has 1 rings (SSSR count). The molecule has 0 aliphatic carbocycles. The van der Waals surface area contributed by atoms with Crippen molar-refractivity contribution in [1.29, 1.82) is 5.26 Å². The van der Waals surface area contributed by atoms with E-state index in [1.807, 2.05) is 0 Å². The van der Waals surface area contributed by atoms with Crippen molar-refractivity contribution in [1.82, 2.24) is 0 Å². The Bertz CT molecular complexity index is 538. The van der Waals surface area contributed by atoms with E-state index in [1.54, 1.807) is 13.0 Å². The van der Waals surface area contributed by atoms with Gasteiger partial charge in [0.1, 0.15) is 6.07 Å². The molecular weight excluding hydrogens is 299 g/mol. The van der Waals surface area contributed by atoms with Crippen molar-refractivity contribution in [3.63, 3.8) is 0 Å². The number of thiol groups is 1. The normalized spacial score (nSPS) is 10.9. The molecule has 0 aliphatic heterocycles. The summed E-state index contributed by atoms with van der Waals surface area (Å²) in [7, 11) is 0. The van der Waals surface area contributed by atoms with Gasteiger partial charge in [0.25, 0.3) is 0 Å². The van der Waals surface area contributed by atoms with Gasteiger partial charge in [-0.25, -0.2) is 4.79 Å². The van der Waals surface area contributed by atoms with Gasteiger partial charge in [-0.05, 0) is 30.8 Å². The lowest BCUT2D eigenvalue weighted by Crippen LogP contribution is -2.07. The largest absolute Gasteiger partial charge is 0.462 e. The van der Waals surface area contributed by atoms with Gasteiger partial charge in [0, 0.05) is 9.79 Å². The molecule has 0 atom stereocenters. The van der Waals surface area contributed by atoms with Crippen LogP contribution in [-0.4, -0.2) is 18.1 Å². The summed E-state index contributed by atoms with van der Waals surface area (Å²) in [6.07, 6.45) is 0. The highest BCUT2D eigenvalue weighted by molar-refractivity contribution is 8.00. The van der Waals surface area contributed by atoms with Crippen LogP contribution in [0.4, 0.5) is 13.2 Å². The molecule has 0 amide bonds. The average molecular weight is 307 g/mol. The minimum atomic E-state index is -4.53. The second-order valence-corrected chi connectivity index (χ2v) is 4.80. The lowest BCUT2D eigenvalue weighted by atomic mass is 10.1. The number of benzene rings is 1. The molecule has 0 aliphatic rings. The van der Waals surface area contributed by atoms with E-state index < -0.39 is 23.2 Å². The third-order valence-corrected chi connectivity index (χ3v) is 3.34. The van der Waals surface area contributed by atoms with Gasteiger partial charge in [-0.15, -0.1) is 12.6 Å². The number of alkyl halides is 3. The molecular formula is C11H8F3NO2S2. The van der Waals surface area contributed by atoms with Crippen molar-refractivity contribution < 1.29 is 22.7 Å². The number of rotatable bonds is 3. The number of hydrogen-bond acceptors (Lipinski definition) is 5. The summed E-state index contributed by atoms with van der Waals surface area (Å²) in [4.78, 5) is 11.1. The number of thioether (sulfide) groups is 1. The van der Waals surface area contributed by atoms with E-state index in [0.29, 0.717) is 0 Å². The second kappa shape index (κ2) is 6.21. The molecule has 1 aromatic carbocycles. The molecule has 0 aromatic heterocycles. The van der Waals surface area contributed by atoms with Gasteiger partial charge in [0.15, 0.2) is 0 Å². The van der Waals surface area contributed by atoms with Gasteiger partial charge in [-0.2, -0.15) is 18.4 Å². The van der Waals surface area contributed by atoms with Crippen LogP contribution in [-0.2, 0) is 4.74 Å². The number of esters is 1. The van der Waals surface area contributed by atoms with Crippen LogP contribution in [0.1, 0.15) is 22.8 Å². The Hall–Kier alpha value is -1.33. The first-order chi connectivity index (χ1) is 8.78. The Morgan fingerprint density at radius 1 is 1.53 bits per heavy atom. The van der Waals surface area contributed by atoms with Crippen LogP contribution in [0.25, 0.3) is 0 Å². The summed E-state index contributed by atoms with van der Waals surface area (Å²) >= 11 is 3.45. The smallest absolute Gasteiger partial charge is 0.446 e. The molecule has 8 heteroatoms. The summed E-state index contributed by atoms with van der Waals surface area (Å²) < 4.78 is 41.8. The molecule has 0 saturated carbocycles. The average Bonchev–Trinajstić information content (AvgIpc) is 2.30. The van der Waals surface area contributed by atoms with Crippen molar-refractivity contribution in [3.8, 4) is 6.07 Å².